The highest BCUT2D eigenvalue weighted by Gasteiger charge is 2.56. The summed E-state index contributed by atoms with van der Waals surface area (Å²) in [7, 11) is 0. The van der Waals surface area contributed by atoms with E-state index in [1.807, 2.05) is 0 Å². The maximum Gasteiger partial charge on any atom is 0.142 e. The van der Waals surface area contributed by atoms with Gasteiger partial charge in [-0.15, -0.1) is 0 Å². The molecule has 0 N–H and O–H groups in total. The molecule has 2 rings (SSSR count). The standard InChI is InChI=1S/C25H46O/c1-22(2,3)16-25(10,24(7,8)9)21(26)20-15-19(20)17-11-13-18(14-12-17)23(4,5)6/h17-20H,11-16H2,1-10H3. The third kappa shape index (κ3) is 4.74. The van der Waals surface area contributed by atoms with Gasteiger partial charge in [-0.25, -0.2) is 0 Å². The van der Waals surface area contributed by atoms with Crippen LogP contribution in [0.4, 0.5) is 0 Å². The highest BCUT2D eigenvalue weighted by Crippen LogP contribution is 2.58. The van der Waals surface area contributed by atoms with E-state index < -0.39 is 0 Å². The van der Waals surface area contributed by atoms with Crippen molar-refractivity contribution in [2.45, 2.75) is 108 Å². The molecule has 0 aromatic carbocycles. The Balaban J connectivity index is 2.03. The molecule has 152 valence electrons. The molecular formula is C25H46O. The minimum absolute atomic E-state index is 0.0222. The van der Waals surface area contributed by atoms with Crippen LogP contribution in [-0.4, -0.2) is 5.78 Å². The van der Waals surface area contributed by atoms with E-state index in [4.69, 9.17) is 0 Å². The zero-order valence-electron chi connectivity index (χ0n) is 19.5. The number of carbonyl (C=O) groups excluding carboxylic acids is 1. The van der Waals surface area contributed by atoms with Crippen molar-refractivity contribution < 1.29 is 4.79 Å². The largest absolute Gasteiger partial charge is 0.299 e. The van der Waals surface area contributed by atoms with Crippen molar-refractivity contribution in [1.82, 2.24) is 0 Å². The van der Waals surface area contributed by atoms with E-state index in [0.29, 0.717) is 23.0 Å². The molecule has 2 aliphatic rings. The fraction of sp³-hybridized carbons (Fsp3) is 0.960. The van der Waals surface area contributed by atoms with Crippen LogP contribution in [0.1, 0.15) is 108 Å². The van der Waals surface area contributed by atoms with Gasteiger partial charge < -0.3 is 0 Å². The second-order valence-electron chi connectivity index (χ2n) is 13.2. The highest BCUT2D eigenvalue weighted by molar-refractivity contribution is 5.89. The Kier molecular flexibility index (Phi) is 5.85. The lowest BCUT2D eigenvalue weighted by atomic mass is 9.58. The van der Waals surface area contributed by atoms with Gasteiger partial charge in [-0.2, -0.15) is 0 Å². The predicted octanol–water partition coefficient (Wildman–Crippen LogP) is 7.53. The van der Waals surface area contributed by atoms with Crippen molar-refractivity contribution in [3.8, 4) is 0 Å². The molecule has 0 heterocycles. The summed E-state index contributed by atoms with van der Waals surface area (Å²) in [6, 6.07) is 0. The third-order valence-electron chi connectivity index (χ3n) is 7.86. The number of hydrogen-bond donors (Lipinski definition) is 0. The SMILES string of the molecule is CC(C)(C)CC(C)(C(=O)C1CC1C1CCC(C(C)(C)C)CC1)C(C)(C)C. The molecule has 0 aromatic rings. The Morgan fingerprint density at radius 2 is 1.31 bits per heavy atom. The number of rotatable bonds is 4. The molecule has 2 aliphatic carbocycles. The van der Waals surface area contributed by atoms with E-state index in [0.717, 1.165) is 18.3 Å². The molecule has 0 amide bonds. The van der Waals surface area contributed by atoms with Crippen LogP contribution in [0.2, 0.25) is 0 Å². The molecule has 26 heavy (non-hydrogen) atoms. The van der Waals surface area contributed by atoms with E-state index in [2.05, 4.69) is 69.2 Å². The maximum absolute atomic E-state index is 13.6. The van der Waals surface area contributed by atoms with Crippen LogP contribution < -0.4 is 0 Å². The van der Waals surface area contributed by atoms with Gasteiger partial charge in [0.05, 0.1) is 0 Å². The van der Waals surface area contributed by atoms with Gasteiger partial charge in [0.15, 0.2) is 0 Å². The number of ketones is 1. The van der Waals surface area contributed by atoms with Crippen LogP contribution in [0.25, 0.3) is 0 Å². The summed E-state index contributed by atoms with van der Waals surface area (Å²) in [6.45, 7) is 23.1. The highest BCUT2D eigenvalue weighted by atomic mass is 16.1. The fourth-order valence-electron chi connectivity index (χ4n) is 5.64. The monoisotopic (exact) mass is 362 g/mol. The second kappa shape index (κ2) is 6.93. The minimum atomic E-state index is -0.215. The maximum atomic E-state index is 13.6. The summed E-state index contributed by atoms with van der Waals surface area (Å²) in [5, 5.41) is 0. The Morgan fingerprint density at radius 3 is 1.69 bits per heavy atom. The average Bonchev–Trinajstić information content (AvgIpc) is 3.23. The van der Waals surface area contributed by atoms with Crippen LogP contribution >= 0.6 is 0 Å². The van der Waals surface area contributed by atoms with Crippen molar-refractivity contribution in [2.24, 2.45) is 45.3 Å². The molecule has 0 saturated heterocycles. The first-order valence-electron chi connectivity index (χ1n) is 11.1. The number of hydrogen-bond acceptors (Lipinski definition) is 1. The quantitative estimate of drug-likeness (QED) is 0.505. The lowest BCUT2D eigenvalue weighted by Gasteiger charge is -2.45. The summed E-state index contributed by atoms with van der Waals surface area (Å²) in [5.41, 5.74) is 0.440. The zero-order valence-corrected chi connectivity index (χ0v) is 19.5. The Hall–Kier alpha value is -0.330. The van der Waals surface area contributed by atoms with Crippen molar-refractivity contribution in [1.29, 1.82) is 0 Å². The third-order valence-corrected chi connectivity index (χ3v) is 7.86. The first kappa shape index (κ1) is 22.0. The summed E-state index contributed by atoms with van der Waals surface area (Å²) < 4.78 is 0. The van der Waals surface area contributed by atoms with Gasteiger partial charge in [-0.3, -0.25) is 4.79 Å². The first-order valence-corrected chi connectivity index (χ1v) is 11.1. The van der Waals surface area contributed by atoms with Gasteiger partial charge in [0.25, 0.3) is 0 Å². The molecule has 0 aliphatic heterocycles. The normalized spacial score (nSPS) is 32.8. The van der Waals surface area contributed by atoms with Gasteiger partial charge in [0.2, 0.25) is 0 Å². The molecule has 0 spiro atoms. The van der Waals surface area contributed by atoms with Crippen molar-refractivity contribution in [3.05, 3.63) is 0 Å². The van der Waals surface area contributed by atoms with Gasteiger partial charge in [-0.1, -0.05) is 69.2 Å². The Bertz CT molecular complexity index is 502. The molecule has 0 aromatic heterocycles. The molecule has 1 heteroatoms. The Morgan fingerprint density at radius 1 is 0.808 bits per heavy atom. The second-order valence-corrected chi connectivity index (χ2v) is 13.2. The van der Waals surface area contributed by atoms with Crippen LogP contribution in [0.5, 0.6) is 0 Å². The summed E-state index contributed by atoms with van der Waals surface area (Å²) in [4.78, 5) is 13.6. The Labute approximate surface area is 164 Å². The van der Waals surface area contributed by atoms with E-state index in [-0.39, 0.29) is 16.2 Å². The van der Waals surface area contributed by atoms with E-state index in [1.54, 1.807) is 0 Å². The van der Waals surface area contributed by atoms with Gasteiger partial charge in [0, 0.05) is 11.3 Å². The average molecular weight is 363 g/mol. The van der Waals surface area contributed by atoms with E-state index in [1.165, 1.54) is 32.1 Å². The van der Waals surface area contributed by atoms with Crippen LogP contribution in [-0.2, 0) is 4.79 Å². The van der Waals surface area contributed by atoms with Crippen molar-refractivity contribution in [2.75, 3.05) is 0 Å². The smallest absolute Gasteiger partial charge is 0.142 e. The van der Waals surface area contributed by atoms with E-state index in [9.17, 15) is 4.79 Å². The first-order chi connectivity index (χ1) is 11.6. The molecule has 0 bridgehead atoms. The van der Waals surface area contributed by atoms with Crippen LogP contribution in [0.3, 0.4) is 0 Å². The molecule has 2 saturated carbocycles. The number of Topliss-reactive ketones (excluding diaryl/α,β-unsaturated/α-hetero) is 1. The zero-order chi connectivity index (χ0) is 20.1. The van der Waals surface area contributed by atoms with Gasteiger partial charge in [-0.05, 0) is 72.5 Å². The molecule has 0 radical (unpaired) electrons. The van der Waals surface area contributed by atoms with E-state index >= 15 is 0 Å². The lowest BCUT2D eigenvalue weighted by molar-refractivity contribution is -0.138. The number of carbonyl (C=O) groups is 1. The summed E-state index contributed by atoms with van der Waals surface area (Å²) in [5.74, 6) is 3.28. The molecule has 3 atom stereocenters. The summed E-state index contributed by atoms with van der Waals surface area (Å²) >= 11 is 0. The van der Waals surface area contributed by atoms with Gasteiger partial charge in [0.1, 0.15) is 5.78 Å². The van der Waals surface area contributed by atoms with Gasteiger partial charge >= 0.3 is 0 Å². The predicted molar refractivity (Wildman–Crippen MR) is 113 cm³/mol. The lowest BCUT2D eigenvalue weighted by Crippen LogP contribution is -2.44. The molecule has 2 fully saturated rings. The molecule has 1 nitrogen and oxygen atoms in total. The van der Waals surface area contributed by atoms with Crippen molar-refractivity contribution in [3.63, 3.8) is 0 Å². The molecular weight excluding hydrogens is 316 g/mol. The van der Waals surface area contributed by atoms with Crippen molar-refractivity contribution >= 4 is 5.78 Å². The fourth-order valence-corrected chi connectivity index (χ4v) is 5.64. The minimum Gasteiger partial charge on any atom is -0.299 e. The summed E-state index contributed by atoms with van der Waals surface area (Å²) in [6.07, 6.45) is 7.58. The topological polar surface area (TPSA) is 17.1 Å². The molecule has 3 unspecified atom stereocenters. The van der Waals surface area contributed by atoms with Crippen LogP contribution in [0.15, 0.2) is 0 Å². The van der Waals surface area contributed by atoms with Crippen LogP contribution in [0, 0.1) is 45.3 Å².